The average molecular weight is 284 g/mol. The van der Waals surface area contributed by atoms with Crippen LogP contribution in [-0.4, -0.2) is 40.9 Å². The van der Waals surface area contributed by atoms with Gasteiger partial charge in [-0.25, -0.2) is 8.42 Å². The fourth-order valence-corrected chi connectivity index (χ4v) is 3.89. The van der Waals surface area contributed by atoms with Crippen molar-refractivity contribution < 1.29 is 13.2 Å². The summed E-state index contributed by atoms with van der Waals surface area (Å²) in [5.41, 5.74) is 0.659. The molecule has 5 nitrogen and oxygen atoms in total. The first-order valence-corrected chi connectivity index (χ1v) is 7.88. The van der Waals surface area contributed by atoms with Crippen molar-refractivity contribution in [2.75, 3.05) is 31.6 Å². The van der Waals surface area contributed by atoms with E-state index in [1.54, 1.807) is 38.4 Å². The second kappa shape index (κ2) is 5.79. The number of anilines is 1. The molecule has 1 aromatic rings. The van der Waals surface area contributed by atoms with Gasteiger partial charge in [-0.1, -0.05) is 0 Å². The van der Waals surface area contributed by atoms with Gasteiger partial charge < -0.3 is 10.1 Å². The van der Waals surface area contributed by atoms with Crippen LogP contribution in [0.3, 0.4) is 0 Å². The predicted molar refractivity (Wildman–Crippen MR) is 76.2 cm³/mol. The Bertz CT molecular complexity index is 507. The molecule has 2 rings (SSSR count). The zero-order valence-electron chi connectivity index (χ0n) is 11.3. The van der Waals surface area contributed by atoms with Crippen LogP contribution < -0.4 is 14.4 Å². The highest BCUT2D eigenvalue weighted by Crippen LogP contribution is 2.24. The van der Waals surface area contributed by atoms with Gasteiger partial charge in [0.2, 0.25) is 10.0 Å². The fraction of sp³-hybridized carbons (Fsp3) is 0.538. The Kier molecular flexibility index (Phi) is 4.31. The molecule has 19 heavy (non-hydrogen) atoms. The van der Waals surface area contributed by atoms with Crippen molar-refractivity contribution in [3.63, 3.8) is 0 Å². The third kappa shape index (κ3) is 3.01. The highest BCUT2D eigenvalue weighted by molar-refractivity contribution is 7.93. The quantitative estimate of drug-likeness (QED) is 0.903. The first kappa shape index (κ1) is 14.1. The van der Waals surface area contributed by atoms with Gasteiger partial charge in [-0.3, -0.25) is 4.31 Å². The van der Waals surface area contributed by atoms with Crippen molar-refractivity contribution in [1.82, 2.24) is 5.32 Å². The molecule has 0 saturated carbocycles. The first-order valence-electron chi connectivity index (χ1n) is 6.38. The molecule has 0 spiro atoms. The monoisotopic (exact) mass is 284 g/mol. The second-order valence-corrected chi connectivity index (χ2v) is 6.92. The molecule has 1 aliphatic rings. The molecule has 0 aromatic heterocycles. The lowest BCUT2D eigenvalue weighted by Gasteiger charge is -2.28. The third-order valence-corrected chi connectivity index (χ3v) is 5.71. The second-order valence-electron chi connectivity index (χ2n) is 4.68. The summed E-state index contributed by atoms with van der Waals surface area (Å²) < 4.78 is 31.4. The minimum Gasteiger partial charge on any atom is -0.497 e. The van der Waals surface area contributed by atoms with E-state index < -0.39 is 10.0 Å². The van der Waals surface area contributed by atoms with Crippen LogP contribution in [0.25, 0.3) is 0 Å². The van der Waals surface area contributed by atoms with Crippen LogP contribution in [0.2, 0.25) is 0 Å². The van der Waals surface area contributed by atoms with Gasteiger partial charge in [0.05, 0.1) is 18.0 Å². The van der Waals surface area contributed by atoms with Crippen molar-refractivity contribution in [1.29, 1.82) is 0 Å². The molecule has 1 aromatic carbocycles. The van der Waals surface area contributed by atoms with E-state index >= 15 is 0 Å². The summed E-state index contributed by atoms with van der Waals surface area (Å²) in [4.78, 5) is 0. The van der Waals surface area contributed by atoms with Gasteiger partial charge in [0.25, 0.3) is 0 Å². The summed E-state index contributed by atoms with van der Waals surface area (Å²) in [5.74, 6) is 0.717. The molecular weight excluding hydrogens is 264 g/mol. The van der Waals surface area contributed by atoms with Gasteiger partial charge in [0.1, 0.15) is 5.75 Å². The highest BCUT2D eigenvalue weighted by atomic mass is 32.2. The van der Waals surface area contributed by atoms with Crippen LogP contribution in [0.15, 0.2) is 24.3 Å². The number of piperidine rings is 1. The van der Waals surface area contributed by atoms with Crippen molar-refractivity contribution in [2.24, 2.45) is 0 Å². The smallest absolute Gasteiger partial charge is 0.239 e. The average Bonchev–Trinajstić information content (AvgIpc) is 2.47. The number of benzene rings is 1. The number of nitrogens with one attached hydrogen (secondary N) is 1. The standard InChI is InChI=1S/C13H20N2O3S/c1-15(11-5-7-12(18-2)8-6-11)19(16,17)13-4-3-9-14-10-13/h5-8,13-14H,3-4,9-10H2,1-2H3. The van der Waals surface area contributed by atoms with Gasteiger partial charge >= 0.3 is 0 Å². The number of nitrogens with zero attached hydrogens (tertiary/aromatic N) is 1. The maximum atomic E-state index is 12.5. The molecule has 1 saturated heterocycles. The predicted octanol–water partition coefficient (Wildman–Crippen LogP) is 1.21. The van der Waals surface area contributed by atoms with E-state index in [0.717, 1.165) is 19.4 Å². The maximum absolute atomic E-state index is 12.5. The van der Waals surface area contributed by atoms with E-state index in [4.69, 9.17) is 4.74 Å². The molecule has 1 unspecified atom stereocenters. The molecule has 1 N–H and O–H groups in total. The summed E-state index contributed by atoms with van der Waals surface area (Å²) in [5, 5.41) is 2.80. The lowest BCUT2D eigenvalue weighted by molar-refractivity contribution is 0.415. The Balaban J connectivity index is 2.18. The van der Waals surface area contributed by atoms with E-state index in [1.165, 1.54) is 4.31 Å². The van der Waals surface area contributed by atoms with Crippen molar-refractivity contribution in [2.45, 2.75) is 18.1 Å². The normalized spacial score (nSPS) is 20.0. The van der Waals surface area contributed by atoms with Gasteiger partial charge in [0, 0.05) is 13.6 Å². The van der Waals surface area contributed by atoms with Gasteiger partial charge in [-0.2, -0.15) is 0 Å². The van der Waals surface area contributed by atoms with Crippen LogP contribution >= 0.6 is 0 Å². The van der Waals surface area contributed by atoms with Crippen LogP contribution in [0, 0.1) is 0 Å². The molecule has 1 aliphatic heterocycles. The van der Waals surface area contributed by atoms with E-state index in [9.17, 15) is 8.42 Å². The number of rotatable bonds is 4. The highest BCUT2D eigenvalue weighted by Gasteiger charge is 2.31. The molecule has 1 atom stereocenters. The lowest BCUT2D eigenvalue weighted by atomic mass is 10.2. The summed E-state index contributed by atoms with van der Waals surface area (Å²) in [6.07, 6.45) is 1.62. The van der Waals surface area contributed by atoms with Gasteiger partial charge in [-0.05, 0) is 43.7 Å². The molecule has 1 fully saturated rings. The Labute approximate surface area is 114 Å². The zero-order chi connectivity index (χ0) is 13.9. The van der Waals surface area contributed by atoms with Crippen molar-refractivity contribution >= 4 is 15.7 Å². The lowest BCUT2D eigenvalue weighted by Crippen LogP contribution is -2.45. The van der Waals surface area contributed by atoms with E-state index in [1.807, 2.05) is 0 Å². The van der Waals surface area contributed by atoms with Crippen molar-refractivity contribution in [3.05, 3.63) is 24.3 Å². The van der Waals surface area contributed by atoms with Gasteiger partial charge in [0.15, 0.2) is 0 Å². The van der Waals surface area contributed by atoms with E-state index in [0.29, 0.717) is 18.0 Å². The molecule has 0 radical (unpaired) electrons. The zero-order valence-corrected chi connectivity index (χ0v) is 12.1. The molecule has 0 amide bonds. The molecule has 0 bridgehead atoms. The molecular formula is C13H20N2O3S. The van der Waals surface area contributed by atoms with Crippen LogP contribution in [0.5, 0.6) is 5.75 Å². The first-order chi connectivity index (χ1) is 9.05. The number of hydrogen-bond acceptors (Lipinski definition) is 4. The van der Waals surface area contributed by atoms with Gasteiger partial charge in [-0.15, -0.1) is 0 Å². The molecule has 106 valence electrons. The van der Waals surface area contributed by atoms with Crippen LogP contribution in [0.4, 0.5) is 5.69 Å². The fourth-order valence-electron chi connectivity index (χ4n) is 2.24. The summed E-state index contributed by atoms with van der Waals surface area (Å²) in [7, 11) is -0.115. The third-order valence-electron chi connectivity index (χ3n) is 3.49. The Morgan fingerprint density at radius 2 is 2.00 bits per heavy atom. The number of ether oxygens (including phenoxy) is 1. The Hall–Kier alpha value is -1.27. The minimum absolute atomic E-state index is 0.339. The van der Waals surface area contributed by atoms with Crippen LogP contribution in [-0.2, 0) is 10.0 Å². The molecule has 6 heteroatoms. The van der Waals surface area contributed by atoms with Crippen molar-refractivity contribution in [3.8, 4) is 5.75 Å². The Morgan fingerprint density at radius 3 is 2.53 bits per heavy atom. The topological polar surface area (TPSA) is 58.6 Å². The SMILES string of the molecule is COc1ccc(N(C)S(=O)(=O)C2CCCNC2)cc1. The summed E-state index contributed by atoms with van der Waals surface area (Å²) in [6, 6.07) is 7.04. The number of hydrogen-bond donors (Lipinski definition) is 1. The number of sulfonamides is 1. The number of methoxy groups -OCH3 is 1. The van der Waals surface area contributed by atoms with Crippen LogP contribution in [0.1, 0.15) is 12.8 Å². The van der Waals surface area contributed by atoms with E-state index in [2.05, 4.69) is 5.32 Å². The Morgan fingerprint density at radius 1 is 1.32 bits per heavy atom. The maximum Gasteiger partial charge on any atom is 0.239 e. The molecule has 0 aliphatic carbocycles. The minimum atomic E-state index is -3.30. The summed E-state index contributed by atoms with van der Waals surface area (Å²) >= 11 is 0. The molecule has 1 heterocycles. The summed E-state index contributed by atoms with van der Waals surface area (Å²) in [6.45, 7) is 1.43. The largest absolute Gasteiger partial charge is 0.497 e. The van der Waals surface area contributed by atoms with E-state index in [-0.39, 0.29) is 5.25 Å².